The lowest BCUT2D eigenvalue weighted by atomic mass is 9.86. The predicted octanol–water partition coefficient (Wildman–Crippen LogP) is 2.59. The average Bonchev–Trinajstić information content (AvgIpc) is 2.68. The molecule has 1 aliphatic rings. The Labute approximate surface area is 131 Å². The SMILES string of the molecule is CC(C)(C)[C@H]1CN(c2ccc(Br)nc2)C(=O)N1CC(=O)O. The molecule has 0 aromatic carbocycles. The Morgan fingerprint density at radius 3 is 2.62 bits per heavy atom. The number of aromatic nitrogens is 1. The van der Waals surface area contributed by atoms with Crippen LogP contribution in [-0.4, -0.2) is 46.1 Å². The zero-order chi connectivity index (χ0) is 15.8. The largest absolute Gasteiger partial charge is 0.480 e. The summed E-state index contributed by atoms with van der Waals surface area (Å²) in [5.74, 6) is -1.01. The standard InChI is InChI=1S/C14H18BrN3O3/c1-14(2,3)10-7-17(9-4-5-11(15)16-6-9)13(21)18(10)8-12(19)20/h4-6,10H,7-8H2,1-3H3,(H,19,20)/t10-/m1/s1. The number of rotatable bonds is 3. The van der Waals surface area contributed by atoms with Crippen molar-refractivity contribution in [3.8, 4) is 0 Å². The number of nitrogens with zero attached hydrogens (tertiary/aromatic N) is 3. The first-order valence-corrected chi connectivity index (χ1v) is 7.41. The smallest absolute Gasteiger partial charge is 0.325 e. The van der Waals surface area contributed by atoms with Gasteiger partial charge in [0.2, 0.25) is 0 Å². The molecule has 7 heteroatoms. The molecular weight excluding hydrogens is 338 g/mol. The van der Waals surface area contributed by atoms with E-state index in [0.717, 1.165) is 0 Å². The van der Waals surface area contributed by atoms with Gasteiger partial charge < -0.3 is 10.0 Å². The van der Waals surface area contributed by atoms with Gasteiger partial charge in [-0.25, -0.2) is 9.78 Å². The molecule has 1 saturated heterocycles. The van der Waals surface area contributed by atoms with Gasteiger partial charge >= 0.3 is 12.0 Å². The lowest BCUT2D eigenvalue weighted by Gasteiger charge is -2.32. The average molecular weight is 356 g/mol. The molecule has 6 nitrogen and oxygen atoms in total. The monoisotopic (exact) mass is 355 g/mol. The van der Waals surface area contributed by atoms with Crippen molar-refractivity contribution in [2.75, 3.05) is 18.0 Å². The Balaban J connectivity index is 2.32. The Kier molecular flexibility index (Phi) is 4.22. The molecule has 21 heavy (non-hydrogen) atoms. The Morgan fingerprint density at radius 2 is 2.14 bits per heavy atom. The summed E-state index contributed by atoms with van der Waals surface area (Å²) in [5.41, 5.74) is 0.466. The molecule has 2 rings (SSSR count). The van der Waals surface area contributed by atoms with Crippen LogP contribution in [0, 0.1) is 5.41 Å². The number of halogens is 1. The second kappa shape index (κ2) is 5.63. The fourth-order valence-corrected chi connectivity index (χ4v) is 2.68. The van der Waals surface area contributed by atoms with E-state index < -0.39 is 5.97 Å². The minimum atomic E-state index is -1.01. The van der Waals surface area contributed by atoms with E-state index in [2.05, 4.69) is 20.9 Å². The van der Waals surface area contributed by atoms with Gasteiger partial charge in [-0.2, -0.15) is 0 Å². The lowest BCUT2D eigenvalue weighted by Crippen LogP contribution is -2.45. The Morgan fingerprint density at radius 1 is 1.48 bits per heavy atom. The Bertz CT molecular complexity index is 554. The third kappa shape index (κ3) is 3.34. The minimum absolute atomic E-state index is 0.162. The molecule has 0 saturated carbocycles. The van der Waals surface area contributed by atoms with E-state index in [-0.39, 0.29) is 24.0 Å². The van der Waals surface area contributed by atoms with Gasteiger partial charge in [-0.3, -0.25) is 9.69 Å². The normalized spacial score (nSPS) is 19.2. The van der Waals surface area contributed by atoms with Gasteiger partial charge in [0.05, 0.1) is 17.9 Å². The molecule has 0 unspecified atom stereocenters. The lowest BCUT2D eigenvalue weighted by molar-refractivity contribution is -0.138. The van der Waals surface area contributed by atoms with E-state index in [1.54, 1.807) is 23.2 Å². The van der Waals surface area contributed by atoms with E-state index in [9.17, 15) is 9.59 Å². The highest BCUT2D eigenvalue weighted by molar-refractivity contribution is 9.10. The third-order valence-corrected chi connectivity index (χ3v) is 4.01. The number of pyridine rings is 1. The summed E-state index contributed by atoms with van der Waals surface area (Å²) in [7, 11) is 0. The van der Waals surface area contributed by atoms with Crippen LogP contribution in [0.3, 0.4) is 0 Å². The molecule has 0 spiro atoms. The van der Waals surface area contributed by atoms with E-state index in [0.29, 0.717) is 16.8 Å². The van der Waals surface area contributed by atoms with Gasteiger partial charge in [0, 0.05) is 6.54 Å². The highest BCUT2D eigenvalue weighted by Crippen LogP contribution is 2.33. The number of anilines is 1. The second-order valence-electron chi connectivity index (χ2n) is 6.14. The first-order chi connectivity index (χ1) is 9.70. The fourth-order valence-electron chi connectivity index (χ4n) is 2.45. The number of carbonyl (C=O) groups excluding carboxylic acids is 1. The topological polar surface area (TPSA) is 73.7 Å². The number of hydrogen-bond donors (Lipinski definition) is 1. The zero-order valence-electron chi connectivity index (χ0n) is 12.2. The molecule has 2 heterocycles. The van der Waals surface area contributed by atoms with Crippen LogP contribution in [-0.2, 0) is 4.79 Å². The van der Waals surface area contributed by atoms with Crippen molar-refractivity contribution >= 4 is 33.6 Å². The molecular formula is C14H18BrN3O3. The second-order valence-corrected chi connectivity index (χ2v) is 6.95. The van der Waals surface area contributed by atoms with E-state index in [1.165, 1.54) is 4.90 Å². The van der Waals surface area contributed by atoms with Crippen molar-refractivity contribution in [1.29, 1.82) is 0 Å². The maximum absolute atomic E-state index is 12.5. The fraction of sp³-hybridized carbons (Fsp3) is 0.500. The molecule has 1 atom stereocenters. The van der Waals surface area contributed by atoms with Gasteiger partial charge in [-0.15, -0.1) is 0 Å². The number of carbonyl (C=O) groups is 2. The van der Waals surface area contributed by atoms with Gasteiger partial charge in [0.25, 0.3) is 0 Å². The van der Waals surface area contributed by atoms with E-state index >= 15 is 0 Å². The van der Waals surface area contributed by atoms with Crippen LogP contribution in [0.4, 0.5) is 10.5 Å². The summed E-state index contributed by atoms with van der Waals surface area (Å²) in [6.07, 6.45) is 1.60. The summed E-state index contributed by atoms with van der Waals surface area (Å²) in [6.45, 7) is 6.18. The van der Waals surface area contributed by atoms with Crippen LogP contribution in [0.1, 0.15) is 20.8 Å². The summed E-state index contributed by atoms with van der Waals surface area (Å²) in [6, 6.07) is 3.10. The van der Waals surface area contributed by atoms with Crippen LogP contribution in [0.5, 0.6) is 0 Å². The van der Waals surface area contributed by atoms with Crippen molar-refractivity contribution in [2.24, 2.45) is 5.41 Å². The van der Waals surface area contributed by atoms with Crippen LogP contribution in [0.2, 0.25) is 0 Å². The third-order valence-electron chi connectivity index (χ3n) is 3.54. The van der Waals surface area contributed by atoms with Gasteiger partial charge in [0.1, 0.15) is 11.1 Å². The highest BCUT2D eigenvalue weighted by Gasteiger charge is 2.44. The number of carboxylic acid groups (broad SMARTS) is 1. The molecule has 1 fully saturated rings. The van der Waals surface area contributed by atoms with Crippen molar-refractivity contribution in [1.82, 2.24) is 9.88 Å². The van der Waals surface area contributed by atoms with Crippen LogP contribution in [0.15, 0.2) is 22.9 Å². The van der Waals surface area contributed by atoms with E-state index in [1.807, 2.05) is 20.8 Å². The van der Waals surface area contributed by atoms with Crippen LogP contribution >= 0.6 is 15.9 Å². The van der Waals surface area contributed by atoms with Gasteiger partial charge in [-0.1, -0.05) is 20.8 Å². The molecule has 0 radical (unpaired) electrons. The van der Waals surface area contributed by atoms with Crippen molar-refractivity contribution in [2.45, 2.75) is 26.8 Å². The van der Waals surface area contributed by atoms with Crippen LogP contribution < -0.4 is 4.90 Å². The number of hydrogen-bond acceptors (Lipinski definition) is 3. The number of amides is 2. The molecule has 1 aromatic heterocycles. The molecule has 0 bridgehead atoms. The first kappa shape index (κ1) is 15.8. The molecule has 2 amide bonds. The summed E-state index contributed by atoms with van der Waals surface area (Å²) in [5, 5.41) is 9.04. The maximum atomic E-state index is 12.5. The van der Waals surface area contributed by atoms with E-state index in [4.69, 9.17) is 5.11 Å². The van der Waals surface area contributed by atoms with Crippen molar-refractivity contribution in [3.63, 3.8) is 0 Å². The first-order valence-electron chi connectivity index (χ1n) is 6.61. The quantitative estimate of drug-likeness (QED) is 0.845. The number of aliphatic carboxylic acids is 1. The zero-order valence-corrected chi connectivity index (χ0v) is 13.8. The van der Waals surface area contributed by atoms with Crippen LogP contribution in [0.25, 0.3) is 0 Å². The summed E-state index contributed by atoms with van der Waals surface area (Å²) >= 11 is 3.25. The number of carboxylic acids is 1. The molecule has 1 aliphatic heterocycles. The predicted molar refractivity (Wildman–Crippen MR) is 82.3 cm³/mol. The number of urea groups is 1. The minimum Gasteiger partial charge on any atom is -0.480 e. The maximum Gasteiger partial charge on any atom is 0.325 e. The van der Waals surface area contributed by atoms with Gasteiger partial charge in [0.15, 0.2) is 0 Å². The van der Waals surface area contributed by atoms with Crippen molar-refractivity contribution in [3.05, 3.63) is 22.9 Å². The summed E-state index contributed by atoms with van der Waals surface area (Å²) < 4.78 is 0.688. The molecule has 0 aliphatic carbocycles. The van der Waals surface area contributed by atoms with Gasteiger partial charge in [-0.05, 0) is 33.5 Å². The summed E-state index contributed by atoms with van der Waals surface area (Å²) in [4.78, 5) is 30.7. The Hall–Kier alpha value is -1.63. The molecule has 1 aromatic rings. The molecule has 1 N–H and O–H groups in total. The highest BCUT2D eigenvalue weighted by atomic mass is 79.9. The molecule has 114 valence electrons. The van der Waals surface area contributed by atoms with Crippen molar-refractivity contribution < 1.29 is 14.7 Å².